The number of likely N-dealkylation sites (N-methyl/N-ethyl adjacent to an activating group) is 1. The van der Waals surface area contributed by atoms with Gasteiger partial charge in [-0.2, -0.15) is 5.10 Å². The summed E-state index contributed by atoms with van der Waals surface area (Å²) in [6, 6.07) is 0. The SMILES string of the molecule is COCCNCC(=O)c1c(Cl)cnn1CCN(C)C. The molecule has 0 saturated heterocycles. The summed E-state index contributed by atoms with van der Waals surface area (Å²) in [6.07, 6.45) is 1.51. The van der Waals surface area contributed by atoms with Gasteiger partial charge in [0.25, 0.3) is 0 Å². The van der Waals surface area contributed by atoms with Gasteiger partial charge in [0.05, 0.1) is 30.9 Å². The lowest BCUT2D eigenvalue weighted by atomic mass is 10.2. The molecule has 0 fully saturated rings. The molecule has 0 aromatic carbocycles. The van der Waals surface area contributed by atoms with Crippen molar-refractivity contribution in [2.75, 3.05) is 47.4 Å². The number of methoxy groups -OCH3 is 1. The fourth-order valence-electron chi connectivity index (χ4n) is 1.56. The lowest BCUT2D eigenvalue weighted by molar-refractivity contribution is 0.0976. The Balaban J connectivity index is 2.59. The lowest BCUT2D eigenvalue weighted by Gasteiger charge is -2.12. The van der Waals surface area contributed by atoms with Crippen LogP contribution in [0.15, 0.2) is 6.20 Å². The summed E-state index contributed by atoms with van der Waals surface area (Å²) in [6.45, 7) is 2.87. The van der Waals surface area contributed by atoms with Crippen LogP contribution in [0.4, 0.5) is 0 Å². The van der Waals surface area contributed by atoms with Crippen LogP contribution in [0.3, 0.4) is 0 Å². The van der Waals surface area contributed by atoms with Crippen molar-refractivity contribution in [1.82, 2.24) is 20.0 Å². The molecule has 19 heavy (non-hydrogen) atoms. The van der Waals surface area contributed by atoms with Crippen LogP contribution in [0.25, 0.3) is 0 Å². The number of halogens is 1. The second kappa shape index (κ2) is 8.27. The molecule has 1 aromatic heterocycles. The zero-order valence-electron chi connectivity index (χ0n) is 11.6. The minimum Gasteiger partial charge on any atom is -0.383 e. The molecule has 0 aliphatic heterocycles. The number of hydrogen-bond donors (Lipinski definition) is 1. The Hall–Kier alpha value is -0.950. The average Bonchev–Trinajstić information content (AvgIpc) is 2.73. The Bertz CT molecular complexity index is 406. The van der Waals surface area contributed by atoms with E-state index in [1.807, 2.05) is 19.0 Å². The first-order valence-electron chi connectivity index (χ1n) is 6.15. The number of rotatable bonds is 9. The molecule has 0 radical (unpaired) electrons. The van der Waals surface area contributed by atoms with E-state index in [9.17, 15) is 4.79 Å². The first-order chi connectivity index (χ1) is 9.06. The highest BCUT2D eigenvalue weighted by atomic mass is 35.5. The molecule has 1 rings (SSSR count). The van der Waals surface area contributed by atoms with Gasteiger partial charge in [-0.1, -0.05) is 11.6 Å². The molecule has 0 amide bonds. The highest BCUT2D eigenvalue weighted by Crippen LogP contribution is 2.15. The predicted octanol–water partition coefficient (Wildman–Crippen LogP) is 0.517. The van der Waals surface area contributed by atoms with Crippen LogP contribution in [0, 0.1) is 0 Å². The lowest BCUT2D eigenvalue weighted by Crippen LogP contribution is -2.29. The van der Waals surface area contributed by atoms with Gasteiger partial charge in [0.15, 0.2) is 5.78 Å². The number of Topliss-reactive ketones (excluding diaryl/α,β-unsaturated/α-hetero) is 1. The van der Waals surface area contributed by atoms with Crippen molar-refractivity contribution in [3.8, 4) is 0 Å². The van der Waals surface area contributed by atoms with E-state index < -0.39 is 0 Å². The second-order valence-electron chi connectivity index (χ2n) is 4.46. The van der Waals surface area contributed by atoms with Gasteiger partial charge in [-0.05, 0) is 14.1 Å². The Labute approximate surface area is 118 Å². The molecule has 1 aromatic rings. The summed E-state index contributed by atoms with van der Waals surface area (Å²) in [7, 11) is 5.56. The smallest absolute Gasteiger partial charge is 0.196 e. The molecular formula is C12H21ClN4O2. The third kappa shape index (κ3) is 5.28. The maximum atomic E-state index is 12.1. The molecule has 1 N–H and O–H groups in total. The highest BCUT2D eigenvalue weighted by Gasteiger charge is 2.16. The Morgan fingerprint density at radius 2 is 2.32 bits per heavy atom. The van der Waals surface area contributed by atoms with Gasteiger partial charge in [0, 0.05) is 20.2 Å². The van der Waals surface area contributed by atoms with Gasteiger partial charge in [-0.3, -0.25) is 9.48 Å². The van der Waals surface area contributed by atoms with Crippen LogP contribution in [0.2, 0.25) is 5.02 Å². The molecule has 0 unspecified atom stereocenters. The van der Waals surface area contributed by atoms with E-state index in [1.54, 1.807) is 11.8 Å². The second-order valence-corrected chi connectivity index (χ2v) is 4.87. The monoisotopic (exact) mass is 288 g/mol. The van der Waals surface area contributed by atoms with E-state index >= 15 is 0 Å². The summed E-state index contributed by atoms with van der Waals surface area (Å²) in [5.41, 5.74) is 0.466. The van der Waals surface area contributed by atoms with Crippen molar-refractivity contribution in [3.63, 3.8) is 0 Å². The quantitative estimate of drug-likeness (QED) is 0.530. The predicted molar refractivity (Wildman–Crippen MR) is 74.9 cm³/mol. The topological polar surface area (TPSA) is 59.4 Å². The number of carbonyl (C=O) groups excluding carboxylic acids is 1. The molecular weight excluding hydrogens is 268 g/mol. The summed E-state index contributed by atoms with van der Waals surface area (Å²) in [5, 5.41) is 7.55. The molecule has 6 nitrogen and oxygen atoms in total. The van der Waals surface area contributed by atoms with Crippen molar-refractivity contribution in [3.05, 3.63) is 16.9 Å². The number of aromatic nitrogens is 2. The summed E-state index contributed by atoms with van der Waals surface area (Å²) in [5.74, 6) is -0.0580. The van der Waals surface area contributed by atoms with E-state index in [2.05, 4.69) is 10.4 Å². The van der Waals surface area contributed by atoms with Crippen LogP contribution in [-0.4, -0.2) is 67.9 Å². The average molecular weight is 289 g/mol. The van der Waals surface area contributed by atoms with E-state index in [4.69, 9.17) is 16.3 Å². The van der Waals surface area contributed by atoms with Gasteiger partial charge in [-0.25, -0.2) is 0 Å². The van der Waals surface area contributed by atoms with Crippen molar-refractivity contribution in [2.45, 2.75) is 6.54 Å². The minimum atomic E-state index is -0.0580. The van der Waals surface area contributed by atoms with Gasteiger partial charge in [-0.15, -0.1) is 0 Å². The molecule has 0 aliphatic carbocycles. The Morgan fingerprint density at radius 1 is 1.58 bits per heavy atom. The number of ether oxygens (including phenoxy) is 1. The molecule has 0 bridgehead atoms. The van der Waals surface area contributed by atoms with Gasteiger partial charge >= 0.3 is 0 Å². The third-order valence-electron chi connectivity index (χ3n) is 2.59. The maximum absolute atomic E-state index is 12.1. The number of nitrogens with zero attached hydrogens (tertiary/aromatic N) is 3. The van der Waals surface area contributed by atoms with Gasteiger partial charge in [0.2, 0.25) is 0 Å². The minimum absolute atomic E-state index is 0.0580. The van der Waals surface area contributed by atoms with Crippen LogP contribution < -0.4 is 5.32 Å². The fourth-order valence-corrected chi connectivity index (χ4v) is 1.81. The molecule has 0 saturated carbocycles. The fraction of sp³-hybridized carbons (Fsp3) is 0.667. The van der Waals surface area contributed by atoms with Gasteiger partial charge < -0.3 is 15.0 Å². The molecule has 0 atom stereocenters. The number of hydrogen-bond acceptors (Lipinski definition) is 5. The Morgan fingerprint density at radius 3 is 2.95 bits per heavy atom. The van der Waals surface area contributed by atoms with Crippen LogP contribution in [0.5, 0.6) is 0 Å². The van der Waals surface area contributed by atoms with Crippen LogP contribution >= 0.6 is 11.6 Å². The largest absolute Gasteiger partial charge is 0.383 e. The van der Waals surface area contributed by atoms with E-state index in [0.717, 1.165) is 6.54 Å². The summed E-state index contributed by atoms with van der Waals surface area (Å²) < 4.78 is 6.56. The first-order valence-corrected chi connectivity index (χ1v) is 6.53. The third-order valence-corrected chi connectivity index (χ3v) is 2.86. The molecule has 0 spiro atoms. The van der Waals surface area contributed by atoms with Crippen molar-refractivity contribution in [1.29, 1.82) is 0 Å². The van der Waals surface area contributed by atoms with Crippen molar-refractivity contribution in [2.24, 2.45) is 0 Å². The molecule has 0 aliphatic rings. The summed E-state index contributed by atoms with van der Waals surface area (Å²) >= 11 is 6.02. The van der Waals surface area contributed by atoms with Crippen molar-refractivity contribution < 1.29 is 9.53 Å². The van der Waals surface area contributed by atoms with E-state index in [1.165, 1.54) is 6.20 Å². The number of carbonyl (C=O) groups is 1. The number of ketones is 1. The summed E-state index contributed by atoms with van der Waals surface area (Å²) in [4.78, 5) is 14.1. The normalized spacial score (nSPS) is 11.2. The van der Waals surface area contributed by atoms with E-state index in [0.29, 0.717) is 30.4 Å². The highest BCUT2D eigenvalue weighted by molar-refractivity contribution is 6.33. The van der Waals surface area contributed by atoms with Crippen LogP contribution in [0.1, 0.15) is 10.5 Å². The van der Waals surface area contributed by atoms with Crippen LogP contribution in [-0.2, 0) is 11.3 Å². The Kier molecular flexibility index (Phi) is 7.01. The van der Waals surface area contributed by atoms with E-state index in [-0.39, 0.29) is 12.3 Å². The first kappa shape index (κ1) is 16.1. The van der Waals surface area contributed by atoms with Crippen molar-refractivity contribution >= 4 is 17.4 Å². The molecule has 7 heteroatoms. The zero-order chi connectivity index (χ0) is 14.3. The molecule has 108 valence electrons. The standard InChI is InChI=1S/C12H21ClN4O2/c1-16(2)5-6-17-12(10(13)8-15-17)11(18)9-14-4-7-19-3/h8,14H,4-7,9H2,1-3H3. The molecule has 1 heterocycles. The maximum Gasteiger partial charge on any atom is 0.196 e. The van der Waals surface area contributed by atoms with Gasteiger partial charge in [0.1, 0.15) is 5.69 Å². The number of nitrogens with one attached hydrogen (secondary N) is 1. The zero-order valence-corrected chi connectivity index (χ0v) is 12.4.